The lowest BCUT2D eigenvalue weighted by Gasteiger charge is -2.54. The fraction of sp³-hybridized carbons (Fsp3) is 0.440. The normalized spacial score (nSPS) is 19.8. The Hall–Kier alpha value is -1.77. The van der Waals surface area contributed by atoms with E-state index in [2.05, 4.69) is 66.2 Å². The van der Waals surface area contributed by atoms with Crippen molar-refractivity contribution in [3.8, 4) is 0 Å². The number of hydrogen-bond acceptors (Lipinski definition) is 2. The van der Waals surface area contributed by atoms with Gasteiger partial charge in [0.05, 0.1) is 6.04 Å². The fourth-order valence-electron chi connectivity index (χ4n) is 5.06. The number of aryl methyl sites for hydroxylation is 1. The summed E-state index contributed by atoms with van der Waals surface area (Å²) in [7, 11) is 0. The van der Waals surface area contributed by atoms with E-state index >= 15 is 0 Å². The summed E-state index contributed by atoms with van der Waals surface area (Å²) in [6.45, 7) is 9.07. The van der Waals surface area contributed by atoms with Crippen LogP contribution in [0.1, 0.15) is 61.8 Å². The van der Waals surface area contributed by atoms with Crippen molar-refractivity contribution in [3.63, 3.8) is 0 Å². The fourth-order valence-corrected chi connectivity index (χ4v) is 5.26. The minimum absolute atomic E-state index is 0.208. The molecule has 28 heavy (non-hydrogen) atoms. The third-order valence-electron chi connectivity index (χ3n) is 6.72. The molecule has 1 N–H and O–H groups in total. The van der Waals surface area contributed by atoms with Crippen LogP contribution >= 0.6 is 11.6 Å². The van der Waals surface area contributed by atoms with E-state index in [1.54, 1.807) is 0 Å². The largest absolute Gasteiger partial charge is 0.376 e. The van der Waals surface area contributed by atoms with E-state index in [0.29, 0.717) is 0 Å². The van der Waals surface area contributed by atoms with Gasteiger partial charge in [-0.3, -0.25) is 4.90 Å². The number of nitrogens with zero attached hydrogens (tertiary/aromatic N) is 1. The highest BCUT2D eigenvalue weighted by molar-refractivity contribution is 6.30. The predicted octanol–water partition coefficient (Wildman–Crippen LogP) is 6.22. The predicted molar refractivity (Wildman–Crippen MR) is 120 cm³/mol. The lowest BCUT2D eigenvalue weighted by molar-refractivity contribution is 0.00376. The van der Waals surface area contributed by atoms with Gasteiger partial charge in [-0.2, -0.15) is 0 Å². The lowest BCUT2D eigenvalue weighted by atomic mass is 9.68. The molecule has 0 bridgehead atoms. The first-order chi connectivity index (χ1) is 13.6. The first-order valence-corrected chi connectivity index (χ1v) is 11.1. The van der Waals surface area contributed by atoms with Gasteiger partial charge in [0.2, 0.25) is 0 Å². The number of hydrogen-bond donors (Lipinski definition) is 1. The second-order valence-electron chi connectivity index (χ2n) is 8.27. The van der Waals surface area contributed by atoms with Gasteiger partial charge in [-0.15, -0.1) is 0 Å². The maximum Gasteiger partial charge on any atom is 0.0697 e. The molecule has 2 fully saturated rings. The molecule has 1 unspecified atom stereocenters. The van der Waals surface area contributed by atoms with E-state index in [-0.39, 0.29) is 11.6 Å². The molecule has 0 aromatic heterocycles. The first-order valence-electron chi connectivity index (χ1n) is 10.7. The van der Waals surface area contributed by atoms with Gasteiger partial charge in [0.25, 0.3) is 0 Å². The molecule has 2 nitrogen and oxygen atoms in total. The monoisotopic (exact) mass is 394 g/mol. The third kappa shape index (κ3) is 3.60. The molecule has 1 saturated carbocycles. The average Bonchev–Trinajstić information content (AvgIpc) is 3.21. The van der Waals surface area contributed by atoms with Crippen LogP contribution in [0.25, 0.3) is 5.70 Å². The third-order valence-corrected chi connectivity index (χ3v) is 6.95. The van der Waals surface area contributed by atoms with E-state index in [9.17, 15) is 0 Å². The van der Waals surface area contributed by atoms with Gasteiger partial charge in [-0.1, -0.05) is 61.5 Å². The molecule has 1 aliphatic carbocycles. The number of halogens is 1. The van der Waals surface area contributed by atoms with Crippen LogP contribution in [0.3, 0.4) is 0 Å². The van der Waals surface area contributed by atoms with Gasteiger partial charge < -0.3 is 5.32 Å². The van der Waals surface area contributed by atoms with Crippen molar-refractivity contribution in [2.45, 2.75) is 57.0 Å². The highest BCUT2D eigenvalue weighted by Crippen LogP contribution is 2.48. The van der Waals surface area contributed by atoms with Crippen molar-refractivity contribution in [2.75, 3.05) is 13.1 Å². The average molecular weight is 395 g/mol. The molecule has 0 radical (unpaired) electrons. The molecule has 1 atom stereocenters. The molecule has 1 saturated heterocycles. The van der Waals surface area contributed by atoms with Crippen LogP contribution in [-0.2, 0) is 6.42 Å². The minimum Gasteiger partial charge on any atom is -0.376 e. The van der Waals surface area contributed by atoms with E-state index in [4.69, 9.17) is 11.6 Å². The second-order valence-corrected chi connectivity index (χ2v) is 8.71. The van der Waals surface area contributed by atoms with Crippen LogP contribution in [0.4, 0.5) is 0 Å². The Morgan fingerprint density at radius 3 is 2.43 bits per heavy atom. The van der Waals surface area contributed by atoms with Gasteiger partial charge in [-0.05, 0) is 74.9 Å². The zero-order valence-electron chi connectivity index (χ0n) is 16.9. The maximum atomic E-state index is 6.24. The van der Waals surface area contributed by atoms with Gasteiger partial charge in [0.15, 0.2) is 0 Å². The van der Waals surface area contributed by atoms with Crippen molar-refractivity contribution in [1.29, 1.82) is 0 Å². The van der Waals surface area contributed by atoms with Crippen LogP contribution in [0.15, 0.2) is 55.1 Å². The van der Waals surface area contributed by atoms with Crippen molar-refractivity contribution >= 4 is 17.3 Å². The zero-order chi connectivity index (χ0) is 19.6. The topological polar surface area (TPSA) is 15.3 Å². The van der Waals surface area contributed by atoms with Crippen LogP contribution in [0.5, 0.6) is 0 Å². The summed E-state index contributed by atoms with van der Waals surface area (Å²) in [5, 5.41) is 4.68. The molecule has 1 aliphatic heterocycles. The van der Waals surface area contributed by atoms with E-state index < -0.39 is 0 Å². The molecule has 2 aromatic rings. The Morgan fingerprint density at radius 2 is 1.82 bits per heavy atom. The smallest absolute Gasteiger partial charge is 0.0697 e. The van der Waals surface area contributed by atoms with Crippen molar-refractivity contribution in [1.82, 2.24) is 10.2 Å². The summed E-state index contributed by atoms with van der Waals surface area (Å²) in [6, 6.07) is 17.4. The van der Waals surface area contributed by atoms with Crippen LogP contribution in [0.2, 0.25) is 5.02 Å². The summed E-state index contributed by atoms with van der Waals surface area (Å²) < 4.78 is 0. The molecule has 4 rings (SSSR count). The SMILES string of the molecule is C=C(NC(c1ccccc1)C1(N2CCCC2)CCC1)c1ccc(Cl)cc1CC. The second kappa shape index (κ2) is 8.31. The molecule has 1 heterocycles. The highest BCUT2D eigenvalue weighted by atomic mass is 35.5. The van der Waals surface area contributed by atoms with Crippen LogP contribution in [0, 0.1) is 0 Å². The molecule has 3 heteroatoms. The summed E-state index contributed by atoms with van der Waals surface area (Å²) in [6.07, 6.45) is 7.42. The standard InChI is InChI=1S/C25H31ClN2/c1-3-20-18-22(26)12-13-23(20)19(2)27-24(21-10-5-4-6-11-21)25(14-9-15-25)28-16-7-8-17-28/h4-6,10-13,18,24,27H,2-3,7-9,14-17H2,1H3. The molecular weight excluding hydrogens is 364 g/mol. The first kappa shape index (κ1) is 19.5. The van der Waals surface area contributed by atoms with Gasteiger partial charge in [0, 0.05) is 21.8 Å². The Bertz CT molecular complexity index is 820. The highest BCUT2D eigenvalue weighted by Gasteiger charge is 2.49. The summed E-state index contributed by atoms with van der Waals surface area (Å²) >= 11 is 6.24. The lowest BCUT2D eigenvalue weighted by Crippen LogP contribution is -2.59. The molecule has 2 aliphatic rings. The van der Waals surface area contributed by atoms with Crippen molar-refractivity contribution in [3.05, 3.63) is 76.8 Å². The van der Waals surface area contributed by atoms with Crippen molar-refractivity contribution in [2.24, 2.45) is 0 Å². The summed E-state index contributed by atoms with van der Waals surface area (Å²) in [5.41, 5.74) is 5.01. The molecule has 2 aromatic carbocycles. The Morgan fingerprint density at radius 1 is 1.11 bits per heavy atom. The van der Waals surface area contributed by atoms with Crippen molar-refractivity contribution < 1.29 is 0 Å². The Balaban J connectivity index is 1.68. The molecular formula is C25H31ClN2. The zero-order valence-corrected chi connectivity index (χ0v) is 17.6. The number of likely N-dealkylation sites (tertiary alicyclic amines) is 1. The van der Waals surface area contributed by atoms with E-state index in [1.165, 1.54) is 61.9 Å². The Labute approximate surface area is 174 Å². The number of rotatable bonds is 7. The van der Waals surface area contributed by atoms with Crippen LogP contribution < -0.4 is 5.32 Å². The van der Waals surface area contributed by atoms with E-state index in [1.807, 2.05) is 6.07 Å². The Kier molecular flexibility index (Phi) is 5.80. The minimum atomic E-state index is 0.208. The van der Waals surface area contributed by atoms with Gasteiger partial charge in [-0.25, -0.2) is 0 Å². The van der Waals surface area contributed by atoms with Crippen LogP contribution in [-0.4, -0.2) is 23.5 Å². The van der Waals surface area contributed by atoms with Gasteiger partial charge in [0.1, 0.15) is 0 Å². The number of nitrogens with one attached hydrogen (secondary N) is 1. The molecule has 148 valence electrons. The maximum absolute atomic E-state index is 6.24. The quantitative estimate of drug-likeness (QED) is 0.599. The molecule has 0 spiro atoms. The van der Waals surface area contributed by atoms with E-state index in [0.717, 1.165) is 17.1 Å². The van der Waals surface area contributed by atoms with Gasteiger partial charge >= 0.3 is 0 Å². The molecule has 0 amide bonds. The summed E-state index contributed by atoms with van der Waals surface area (Å²) in [5.74, 6) is 0. The summed E-state index contributed by atoms with van der Waals surface area (Å²) in [4.78, 5) is 2.75. The number of benzene rings is 2.